The second-order valence-electron chi connectivity index (χ2n) is 9.04. The molecule has 3 nitrogen and oxygen atoms in total. The Morgan fingerprint density at radius 3 is 2.14 bits per heavy atom. The fourth-order valence-corrected chi connectivity index (χ4v) is 4.76. The zero-order chi connectivity index (χ0) is 26.5. The summed E-state index contributed by atoms with van der Waals surface area (Å²) in [6.07, 6.45) is 5.36. The predicted octanol–water partition coefficient (Wildman–Crippen LogP) is 8.22. The van der Waals surface area contributed by atoms with E-state index in [2.05, 4.69) is 0 Å². The van der Waals surface area contributed by atoms with Crippen LogP contribution < -0.4 is 9.47 Å². The molecule has 194 valence electrons. The highest BCUT2D eigenvalue weighted by molar-refractivity contribution is 5.76. The van der Waals surface area contributed by atoms with Crippen LogP contribution in [-0.4, -0.2) is 12.6 Å². The van der Waals surface area contributed by atoms with E-state index in [1.807, 2.05) is 19.1 Å². The third kappa shape index (κ3) is 5.71. The maximum absolute atomic E-state index is 14.8. The van der Waals surface area contributed by atoms with Crippen molar-refractivity contribution in [1.29, 1.82) is 0 Å². The van der Waals surface area contributed by atoms with E-state index in [0.717, 1.165) is 5.56 Å². The molecule has 4 rings (SSSR count). The molecule has 0 atom stereocenters. The lowest BCUT2D eigenvalue weighted by molar-refractivity contribution is -0.140. The Kier molecular flexibility index (Phi) is 8.31. The lowest BCUT2D eigenvalue weighted by Gasteiger charge is -2.28. The van der Waals surface area contributed by atoms with Gasteiger partial charge < -0.3 is 9.47 Å². The SMILES string of the molecule is CC=Cc1ccc(-c2ccc(OC(=O)C3CCC(c4ccc(OCC)c(F)c4F)CC3)c(F)c2F)cc1. The van der Waals surface area contributed by atoms with E-state index in [1.165, 1.54) is 24.3 Å². The summed E-state index contributed by atoms with van der Waals surface area (Å²) in [4.78, 5) is 12.7. The fourth-order valence-electron chi connectivity index (χ4n) is 4.76. The van der Waals surface area contributed by atoms with Crippen LogP contribution in [0.4, 0.5) is 17.6 Å². The van der Waals surface area contributed by atoms with E-state index in [0.29, 0.717) is 31.2 Å². The molecule has 1 fully saturated rings. The smallest absolute Gasteiger partial charge is 0.314 e. The van der Waals surface area contributed by atoms with Crippen LogP contribution in [0, 0.1) is 29.2 Å². The Bertz CT molecular complexity index is 1290. The number of esters is 1. The summed E-state index contributed by atoms with van der Waals surface area (Å²) in [5, 5.41) is 0. The van der Waals surface area contributed by atoms with Gasteiger partial charge in [-0.15, -0.1) is 0 Å². The molecule has 0 aliphatic heterocycles. The number of carbonyl (C=O) groups excluding carboxylic acids is 1. The quantitative estimate of drug-likeness (QED) is 0.182. The number of rotatable bonds is 7. The molecule has 0 heterocycles. The van der Waals surface area contributed by atoms with Crippen LogP contribution in [-0.2, 0) is 4.79 Å². The van der Waals surface area contributed by atoms with E-state index in [-0.39, 0.29) is 29.4 Å². The summed E-state index contributed by atoms with van der Waals surface area (Å²) in [6.45, 7) is 3.79. The highest BCUT2D eigenvalue weighted by atomic mass is 19.2. The van der Waals surface area contributed by atoms with Gasteiger partial charge in [-0.05, 0) is 80.3 Å². The number of ether oxygens (including phenoxy) is 2. The molecule has 0 unspecified atom stereocenters. The third-order valence-electron chi connectivity index (χ3n) is 6.72. The normalized spacial score (nSPS) is 17.7. The molecule has 3 aromatic carbocycles. The summed E-state index contributed by atoms with van der Waals surface area (Å²) in [6, 6.07) is 12.5. The molecule has 1 aliphatic carbocycles. The van der Waals surface area contributed by atoms with Crippen molar-refractivity contribution in [3.63, 3.8) is 0 Å². The van der Waals surface area contributed by atoms with Crippen molar-refractivity contribution < 1.29 is 31.8 Å². The van der Waals surface area contributed by atoms with Crippen molar-refractivity contribution in [2.45, 2.75) is 45.4 Å². The zero-order valence-electron chi connectivity index (χ0n) is 20.7. The Labute approximate surface area is 213 Å². The van der Waals surface area contributed by atoms with Gasteiger partial charge in [-0.2, -0.15) is 8.78 Å². The second kappa shape index (κ2) is 11.6. The summed E-state index contributed by atoms with van der Waals surface area (Å²) < 4.78 is 68.8. The van der Waals surface area contributed by atoms with Crippen LogP contribution in [0.25, 0.3) is 17.2 Å². The van der Waals surface area contributed by atoms with Crippen LogP contribution in [0.5, 0.6) is 11.5 Å². The summed E-state index contributed by atoms with van der Waals surface area (Å²) in [5.41, 5.74) is 1.74. The van der Waals surface area contributed by atoms with Gasteiger partial charge >= 0.3 is 5.97 Å². The van der Waals surface area contributed by atoms with Gasteiger partial charge in [-0.25, -0.2) is 8.78 Å². The van der Waals surface area contributed by atoms with E-state index < -0.39 is 40.9 Å². The number of carbonyl (C=O) groups is 1. The lowest BCUT2D eigenvalue weighted by Crippen LogP contribution is -2.26. The van der Waals surface area contributed by atoms with Crippen molar-refractivity contribution in [2.75, 3.05) is 6.61 Å². The molecule has 1 aliphatic rings. The molecule has 1 saturated carbocycles. The first-order chi connectivity index (χ1) is 17.8. The minimum absolute atomic E-state index is 0.0643. The number of halogens is 4. The Balaban J connectivity index is 1.41. The van der Waals surface area contributed by atoms with Gasteiger partial charge in [-0.1, -0.05) is 42.5 Å². The highest BCUT2D eigenvalue weighted by Crippen LogP contribution is 2.39. The predicted molar refractivity (Wildman–Crippen MR) is 134 cm³/mol. The molecule has 0 amide bonds. The maximum atomic E-state index is 14.8. The van der Waals surface area contributed by atoms with Gasteiger partial charge in [-0.3, -0.25) is 4.79 Å². The number of benzene rings is 3. The van der Waals surface area contributed by atoms with Crippen LogP contribution in [0.2, 0.25) is 0 Å². The minimum Gasteiger partial charge on any atom is -0.491 e. The molecule has 0 bridgehead atoms. The fraction of sp³-hybridized carbons (Fsp3) is 0.300. The lowest BCUT2D eigenvalue weighted by atomic mass is 9.78. The largest absolute Gasteiger partial charge is 0.491 e. The molecule has 0 N–H and O–H groups in total. The number of hydrogen-bond acceptors (Lipinski definition) is 3. The van der Waals surface area contributed by atoms with Crippen molar-refractivity contribution in [2.24, 2.45) is 5.92 Å². The Morgan fingerprint density at radius 1 is 0.838 bits per heavy atom. The highest BCUT2D eigenvalue weighted by Gasteiger charge is 2.31. The van der Waals surface area contributed by atoms with Gasteiger partial charge in [0.2, 0.25) is 11.6 Å². The van der Waals surface area contributed by atoms with Crippen LogP contribution in [0.1, 0.15) is 56.6 Å². The first kappa shape index (κ1) is 26.5. The monoisotopic (exact) mass is 512 g/mol. The first-order valence-corrected chi connectivity index (χ1v) is 12.4. The van der Waals surface area contributed by atoms with Crippen molar-refractivity contribution in [3.8, 4) is 22.6 Å². The van der Waals surface area contributed by atoms with Crippen LogP contribution >= 0.6 is 0 Å². The minimum atomic E-state index is -1.23. The van der Waals surface area contributed by atoms with E-state index in [1.54, 1.807) is 31.2 Å². The molecule has 0 aromatic heterocycles. The second-order valence-corrected chi connectivity index (χ2v) is 9.04. The van der Waals surface area contributed by atoms with Gasteiger partial charge in [0.25, 0.3) is 0 Å². The Hall–Kier alpha value is -3.61. The summed E-state index contributed by atoms with van der Waals surface area (Å²) in [7, 11) is 0. The summed E-state index contributed by atoms with van der Waals surface area (Å²) in [5.74, 6) is -6.37. The van der Waals surface area contributed by atoms with Gasteiger partial charge in [0.15, 0.2) is 23.1 Å². The van der Waals surface area contributed by atoms with E-state index >= 15 is 0 Å². The number of hydrogen-bond donors (Lipinski definition) is 0. The van der Waals surface area contributed by atoms with Gasteiger partial charge in [0.1, 0.15) is 0 Å². The average molecular weight is 513 g/mol. The maximum Gasteiger partial charge on any atom is 0.314 e. The molecule has 0 saturated heterocycles. The van der Waals surface area contributed by atoms with Crippen molar-refractivity contribution in [1.82, 2.24) is 0 Å². The van der Waals surface area contributed by atoms with Crippen LogP contribution in [0.3, 0.4) is 0 Å². The van der Waals surface area contributed by atoms with Gasteiger partial charge in [0.05, 0.1) is 12.5 Å². The standard InChI is InChI=1S/C30H28F4O3/c1-3-5-18-6-8-19(9-7-18)23-15-17-25(29(34)27(23)32)37-30(35)21-12-10-20(11-13-21)22-14-16-24(36-4-2)28(33)26(22)31/h3,5-9,14-17,20-21H,4,10-13H2,1-2H3. The molecule has 3 aromatic rings. The number of allylic oxidation sites excluding steroid dienone is 1. The molecule has 7 heteroatoms. The van der Waals surface area contributed by atoms with Gasteiger partial charge in [0, 0.05) is 5.56 Å². The molecule has 0 spiro atoms. The third-order valence-corrected chi connectivity index (χ3v) is 6.72. The molecule has 0 radical (unpaired) electrons. The van der Waals surface area contributed by atoms with Crippen molar-refractivity contribution in [3.05, 3.63) is 89.0 Å². The summed E-state index contributed by atoms with van der Waals surface area (Å²) >= 11 is 0. The molecular weight excluding hydrogens is 484 g/mol. The van der Waals surface area contributed by atoms with Crippen molar-refractivity contribution >= 4 is 12.0 Å². The Morgan fingerprint density at radius 2 is 1.49 bits per heavy atom. The molecular formula is C30H28F4O3. The van der Waals surface area contributed by atoms with E-state index in [4.69, 9.17) is 9.47 Å². The van der Waals surface area contributed by atoms with Crippen LogP contribution in [0.15, 0.2) is 54.6 Å². The first-order valence-electron chi connectivity index (χ1n) is 12.4. The molecule has 37 heavy (non-hydrogen) atoms. The topological polar surface area (TPSA) is 35.5 Å². The van der Waals surface area contributed by atoms with E-state index in [9.17, 15) is 22.4 Å². The average Bonchev–Trinajstić information content (AvgIpc) is 2.91. The zero-order valence-corrected chi connectivity index (χ0v) is 20.7.